The molecule has 1 saturated carbocycles. The summed E-state index contributed by atoms with van der Waals surface area (Å²) in [5.41, 5.74) is 1.57. The molecule has 0 atom stereocenters. The predicted octanol–water partition coefficient (Wildman–Crippen LogP) is 3.75. The molecule has 0 aliphatic heterocycles. The highest BCUT2D eigenvalue weighted by molar-refractivity contribution is 7.94. The van der Waals surface area contributed by atoms with Crippen molar-refractivity contribution < 1.29 is 13.2 Å². The van der Waals surface area contributed by atoms with Gasteiger partial charge in [0.15, 0.2) is 15.6 Å². The molecule has 5 nitrogen and oxygen atoms in total. The van der Waals surface area contributed by atoms with E-state index in [0.717, 1.165) is 37.1 Å². The van der Waals surface area contributed by atoms with Gasteiger partial charge in [-0.15, -0.1) is 0 Å². The van der Waals surface area contributed by atoms with Crippen LogP contribution in [-0.4, -0.2) is 34.0 Å². The van der Waals surface area contributed by atoms with Crippen LogP contribution in [0, 0.1) is 0 Å². The summed E-state index contributed by atoms with van der Waals surface area (Å²) in [6.07, 6.45) is 5.50. The first-order valence-corrected chi connectivity index (χ1v) is 11.2. The summed E-state index contributed by atoms with van der Waals surface area (Å²) in [5, 5.41) is 4.11. The highest BCUT2D eigenvalue weighted by atomic mass is 32.2. The van der Waals surface area contributed by atoms with Crippen LogP contribution in [0.5, 0.6) is 0 Å². The molecule has 1 aliphatic rings. The van der Waals surface area contributed by atoms with Crippen LogP contribution in [0.1, 0.15) is 84.5 Å². The number of Topliss-reactive ketones (excluding diaryl/α,β-unsaturated/α-hetero) is 1. The standard InChI is InChI=1S/C20H34N2O3S/c1-19(2,3)17-13-15(22(6)21-17)14-18(23)20(4,5)26(24,25)16-11-9-7-8-10-12-16/h13,16H,7-12,14H2,1-6H3. The van der Waals surface area contributed by atoms with Crippen LogP contribution in [0.2, 0.25) is 0 Å². The van der Waals surface area contributed by atoms with Gasteiger partial charge in [0.05, 0.1) is 17.4 Å². The summed E-state index contributed by atoms with van der Waals surface area (Å²) in [6, 6.07) is 1.92. The Hall–Kier alpha value is -1.17. The molecule has 1 fully saturated rings. The second kappa shape index (κ2) is 7.45. The monoisotopic (exact) mass is 382 g/mol. The van der Waals surface area contributed by atoms with Gasteiger partial charge in [-0.3, -0.25) is 9.48 Å². The van der Waals surface area contributed by atoms with Gasteiger partial charge in [-0.1, -0.05) is 46.5 Å². The molecule has 0 saturated heterocycles. The van der Waals surface area contributed by atoms with Gasteiger partial charge in [-0.05, 0) is 32.8 Å². The van der Waals surface area contributed by atoms with Gasteiger partial charge in [-0.25, -0.2) is 8.42 Å². The highest BCUT2D eigenvalue weighted by Gasteiger charge is 2.45. The third-order valence-electron chi connectivity index (χ3n) is 5.71. The molecule has 1 aromatic heterocycles. The number of rotatable bonds is 5. The van der Waals surface area contributed by atoms with Gasteiger partial charge in [0.25, 0.3) is 0 Å². The Kier molecular flexibility index (Phi) is 6.06. The van der Waals surface area contributed by atoms with E-state index in [2.05, 4.69) is 25.9 Å². The van der Waals surface area contributed by atoms with E-state index in [0.29, 0.717) is 12.8 Å². The number of carbonyl (C=O) groups excluding carboxylic acids is 1. The average molecular weight is 383 g/mol. The smallest absolute Gasteiger partial charge is 0.165 e. The number of sulfone groups is 1. The van der Waals surface area contributed by atoms with Crippen LogP contribution in [0.3, 0.4) is 0 Å². The summed E-state index contributed by atoms with van der Waals surface area (Å²) < 4.78 is 26.7. The minimum Gasteiger partial charge on any atom is -0.298 e. The Morgan fingerprint density at radius 2 is 1.65 bits per heavy atom. The minimum absolute atomic E-state index is 0.0958. The van der Waals surface area contributed by atoms with Crippen molar-refractivity contribution in [3.63, 3.8) is 0 Å². The summed E-state index contributed by atoms with van der Waals surface area (Å²) in [6.45, 7) is 9.37. The van der Waals surface area contributed by atoms with Crippen molar-refractivity contribution in [2.45, 2.75) is 95.0 Å². The maximum absolute atomic E-state index is 13.2. The van der Waals surface area contributed by atoms with E-state index in [1.54, 1.807) is 18.5 Å². The Balaban J connectivity index is 2.23. The second-order valence-corrected chi connectivity index (χ2v) is 11.9. The number of carbonyl (C=O) groups is 1. The number of aromatic nitrogens is 2. The third kappa shape index (κ3) is 4.21. The Bertz CT molecular complexity index is 747. The zero-order chi connectivity index (χ0) is 19.8. The van der Waals surface area contributed by atoms with Crippen LogP contribution < -0.4 is 0 Å². The molecule has 0 amide bonds. The lowest BCUT2D eigenvalue weighted by Crippen LogP contribution is -2.46. The van der Waals surface area contributed by atoms with E-state index >= 15 is 0 Å². The molecule has 1 aliphatic carbocycles. The van der Waals surface area contributed by atoms with Crippen LogP contribution in [-0.2, 0) is 33.5 Å². The Morgan fingerprint density at radius 3 is 2.12 bits per heavy atom. The normalized spacial score (nSPS) is 17.9. The Morgan fingerprint density at radius 1 is 1.12 bits per heavy atom. The van der Waals surface area contributed by atoms with Crippen molar-refractivity contribution in [3.8, 4) is 0 Å². The third-order valence-corrected chi connectivity index (χ3v) is 8.71. The molecular weight excluding hydrogens is 348 g/mol. The topological polar surface area (TPSA) is 69.0 Å². The second-order valence-electron chi connectivity index (χ2n) is 9.16. The fourth-order valence-electron chi connectivity index (χ4n) is 3.54. The molecule has 0 unspecified atom stereocenters. The molecule has 148 valence electrons. The summed E-state index contributed by atoms with van der Waals surface area (Å²) >= 11 is 0. The van der Waals surface area contributed by atoms with Crippen molar-refractivity contribution in [3.05, 3.63) is 17.5 Å². The highest BCUT2D eigenvalue weighted by Crippen LogP contribution is 2.32. The van der Waals surface area contributed by atoms with Crippen LogP contribution in [0.15, 0.2) is 6.07 Å². The number of hydrogen-bond acceptors (Lipinski definition) is 4. The van der Waals surface area contributed by atoms with Crippen LogP contribution >= 0.6 is 0 Å². The van der Waals surface area contributed by atoms with Crippen molar-refractivity contribution >= 4 is 15.6 Å². The average Bonchev–Trinajstić information content (AvgIpc) is 2.75. The van der Waals surface area contributed by atoms with E-state index in [4.69, 9.17) is 0 Å². The van der Waals surface area contributed by atoms with Gasteiger partial charge < -0.3 is 0 Å². The Labute approximate surface area is 158 Å². The van der Waals surface area contributed by atoms with E-state index < -0.39 is 14.6 Å². The predicted molar refractivity (Wildman–Crippen MR) is 105 cm³/mol. The van der Waals surface area contributed by atoms with Crippen molar-refractivity contribution in [2.75, 3.05) is 0 Å². The zero-order valence-corrected chi connectivity index (χ0v) is 17.9. The van der Waals surface area contributed by atoms with Crippen LogP contribution in [0.4, 0.5) is 0 Å². The zero-order valence-electron chi connectivity index (χ0n) is 17.1. The first-order chi connectivity index (χ1) is 11.9. The van der Waals surface area contributed by atoms with E-state index in [1.165, 1.54) is 0 Å². The minimum atomic E-state index is -3.52. The molecule has 1 aromatic rings. The van der Waals surface area contributed by atoms with Crippen LogP contribution in [0.25, 0.3) is 0 Å². The van der Waals surface area contributed by atoms with Gasteiger partial charge in [0.1, 0.15) is 4.75 Å². The molecule has 0 spiro atoms. The number of ketones is 1. The fraction of sp³-hybridized carbons (Fsp3) is 0.800. The number of aryl methyl sites for hydroxylation is 1. The molecule has 0 bridgehead atoms. The molecule has 0 aromatic carbocycles. The summed E-state index contributed by atoms with van der Waals surface area (Å²) in [5.74, 6) is -0.245. The maximum Gasteiger partial charge on any atom is 0.165 e. The van der Waals surface area contributed by atoms with Gasteiger partial charge >= 0.3 is 0 Å². The lowest BCUT2D eigenvalue weighted by atomic mass is 9.92. The van der Waals surface area contributed by atoms with E-state index in [1.807, 2.05) is 13.1 Å². The van der Waals surface area contributed by atoms with E-state index in [-0.39, 0.29) is 22.9 Å². The summed E-state index contributed by atoms with van der Waals surface area (Å²) in [7, 11) is -1.71. The van der Waals surface area contributed by atoms with Crippen molar-refractivity contribution in [1.29, 1.82) is 0 Å². The number of hydrogen-bond donors (Lipinski definition) is 0. The molecular formula is C20H34N2O3S. The molecule has 1 heterocycles. The van der Waals surface area contributed by atoms with Gasteiger partial charge in [0.2, 0.25) is 0 Å². The van der Waals surface area contributed by atoms with E-state index in [9.17, 15) is 13.2 Å². The first-order valence-electron chi connectivity index (χ1n) is 9.67. The van der Waals surface area contributed by atoms with Gasteiger partial charge in [0, 0.05) is 18.2 Å². The molecule has 6 heteroatoms. The fourth-order valence-corrected chi connectivity index (χ4v) is 5.72. The quantitative estimate of drug-likeness (QED) is 0.727. The van der Waals surface area contributed by atoms with Crippen molar-refractivity contribution in [2.24, 2.45) is 7.05 Å². The SMILES string of the molecule is Cn1nc(C(C)(C)C)cc1CC(=O)C(C)(C)S(=O)(=O)C1CCCCCC1. The molecule has 26 heavy (non-hydrogen) atoms. The largest absolute Gasteiger partial charge is 0.298 e. The molecule has 0 radical (unpaired) electrons. The lowest BCUT2D eigenvalue weighted by molar-refractivity contribution is -0.120. The van der Waals surface area contributed by atoms with Gasteiger partial charge in [-0.2, -0.15) is 5.10 Å². The molecule has 2 rings (SSSR count). The van der Waals surface area contributed by atoms with Crippen molar-refractivity contribution in [1.82, 2.24) is 9.78 Å². The molecule has 0 N–H and O–H groups in total. The lowest BCUT2D eigenvalue weighted by Gasteiger charge is -2.28. The first kappa shape index (κ1) is 21.1. The number of nitrogens with zero attached hydrogens (tertiary/aromatic N) is 2. The maximum atomic E-state index is 13.2. The summed E-state index contributed by atoms with van der Waals surface area (Å²) in [4.78, 5) is 13.0.